The molecular weight excluding hydrogens is 278 g/mol. The lowest BCUT2D eigenvalue weighted by Crippen LogP contribution is -2.39. The fourth-order valence-corrected chi connectivity index (χ4v) is 4.67. The van der Waals surface area contributed by atoms with Gasteiger partial charge in [-0.1, -0.05) is 6.92 Å². The highest BCUT2D eigenvalue weighted by Gasteiger charge is 2.32. The Hall–Kier alpha value is -0.610. The first-order valence-corrected chi connectivity index (χ1v) is 9.66. The molecule has 21 heavy (non-hydrogen) atoms. The number of nitrogens with one attached hydrogen (secondary N) is 1. The molecule has 3 nitrogen and oxygen atoms in total. The first-order chi connectivity index (χ1) is 10.3. The minimum Gasteiger partial charge on any atom is -0.345 e. The summed E-state index contributed by atoms with van der Waals surface area (Å²) in [6.45, 7) is 4.60. The van der Waals surface area contributed by atoms with Crippen molar-refractivity contribution < 1.29 is 0 Å². The molecule has 4 heteroatoms. The molecule has 1 unspecified atom stereocenters. The number of hydrogen-bond acceptors (Lipinski definition) is 4. The molecule has 116 valence electrons. The van der Waals surface area contributed by atoms with E-state index in [1.54, 1.807) is 0 Å². The Bertz CT molecular complexity index is 490. The van der Waals surface area contributed by atoms with Gasteiger partial charge in [0.05, 0.1) is 5.69 Å². The molecular formula is C17H27N3S. The van der Waals surface area contributed by atoms with E-state index in [0.717, 1.165) is 24.5 Å². The van der Waals surface area contributed by atoms with Crippen LogP contribution in [-0.4, -0.2) is 23.6 Å². The first kappa shape index (κ1) is 14.0. The molecule has 0 amide bonds. The summed E-state index contributed by atoms with van der Waals surface area (Å²) in [4.78, 5) is 9.24. The van der Waals surface area contributed by atoms with Gasteiger partial charge in [0, 0.05) is 36.0 Å². The highest BCUT2D eigenvalue weighted by molar-refractivity contribution is 7.15. The van der Waals surface area contributed by atoms with E-state index in [9.17, 15) is 0 Å². The third-order valence-electron chi connectivity index (χ3n) is 5.15. The fraction of sp³-hybridized carbons (Fsp3) is 0.824. The van der Waals surface area contributed by atoms with Crippen molar-refractivity contribution in [3.63, 3.8) is 0 Å². The highest BCUT2D eigenvalue weighted by Crippen LogP contribution is 2.45. The topological polar surface area (TPSA) is 28.2 Å². The number of anilines is 1. The van der Waals surface area contributed by atoms with Crippen molar-refractivity contribution >= 4 is 16.5 Å². The number of aromatic nitrogens is 1. The molecule has 1 aliphatic heterocycles. The number of rotatable bonds is 6. The summed E-state index contributed by atoms with van der Waals surface area (Å²) < 4.78 is 0. The van der Waals surface area contributed by atoms with E-state index in [2.05, 4.69) is 17.1 Å². The lowest BCUT2D eigenvalue weighted by atomic mass is 10.0. The van der Waals surface area contributed by atoms with Crippen LogP contribution in [0.5, 0.6) is 0 Å². The van der Waals surface area contributed by atoms with E-state index >= 15 is 0 Å². The summed E-state index contributed by atoms with van der Waals surface area (Å²) in [5.74, 6) is 0.774. The van der Waals surface area contributed by atoms with Gasteiger partial charge in [-0.2, -0.15) is 0 Å². The summed E-state index contributed by atoms with van der Waals surface area (Å²) in [5, 5.41) is 5.01. The zero-order chi connectivity index (χ0) is 14.2. The van der Waals surface area contributed by atoms with E-state index in [1.165, 1.54) is 73.6 Å². The van der Waals surface area contributed by atoms with Crippen molar-refractivity contribution in [3.8, 4) is 0 Å². The average molecular weight is 305 g/mol. The van der Waals surface area contributed by atoms with Gasteiger partial charge in [0.2, 0.25) is 0 Å². The van der Waals surface area contributed by atoms with Crippen molar-refractivity contribution in [1.29, 1.82) is 0 Å². The summed E-state index contributed by atoms with van der Waals surface area (Å²) in [6, 6.07) is 1.52. The van der Waals surface area contributed by atoms with Gasteiger partial charge in [-0.05, 0) is 51.4 Å². The van der Waals surface area contributed by atoms with Gasteiger partial charge in [-0.3, -0.25) is 0 Å². The molecule has 2 aliphatic carbocycles. The number of hydrogen-bond donors (Lipinski definition) is 1. The predicted octanol–water partition coefficient (Wildman–Crippen LogP) is 4.04. The van der Waals surface area contributed by atoms with Gasteiger partial charge in [0.25, 0.3) is 0 Å². The van der Waals surface area contributed by atoms with Crippen LogP contribution in [0.3, 0.4) is 0 Å². The van der Waals surface area contributed by atoms with Crippen molar-refractivity contribution in [1.82, 2.24) is 10.3 Å². The van der Waals surface area contributed by atoms with Crippen molar-refractivity contribution in [2.24, 2.45) is 0 Å². The largest absolute Gasteiger partial charge is 0.345 e. The Labute approximate surface area is 132 Å². The first-order valence-electron chi connectivity index (χ1n) is 8.84. The molecule has 3 fully saturated rings. The Kier molecular flexibility index (Phi) is 3.92. The summed E-state index contributed by atoms with van der Waals surface area (Å²) in [7, 11) is 0. The van der Waals surface area contributed by atoms with Gasteiger partial charge in [-0.25, -0.2) is 4.98 Å². The molecule has 0 aromatic carbocycles. The van der Waals surface area contributed by atoms with Gasteiger partial charge in [0.1, 0.15) is 0 Å². The standard InChI is InChI=1S/C17H27N3S/c1-2-14-5-3-4-10-20(14)17-19-16(12-6-7-12)15(21-17)11-18-13-8-9-13/h12-14,18H,2-11H2,1H3. The number of nitrogens with zero attached hydrogens (tertiary/aromatic N) is 2. The lowest BCUT2D eigenvalue weighted by molar-refractivity contribution is 0.449. The number of thiazole rings is 1. The van der Waals surface area contributed by atoms with Crippen LogP contribution in [0.4, 0.5) is 5.13 Å². The molecule has 1 aromatic rings. The molecule has 1 atom stereocenters. The molecule has 0 spiro atoms. The third-order valence-corrected chi connectivity index (χ3v) is 6.26. The van der Waals surface area contributed by atoms with Gasteiger partial charge >= 0.3 is 0 Å². The minimum atomic E-state index is 0.723. The van der Waals surface area contributed by atoms with Gasteiger partial charge in [0.15, 0.2) is 5.13 Å². The van der Waals surface area contributed by atoms with Crippen LogP contribution in [0, 0.1) is 0 Å². The zero-order valence-corrected chi connectivity index (χ0v) is 13.9. The second kappa shape index (κ2) is 5.88. The second-order valence-electron chi connectivity index (χ2n) is 6.99. The van der Waals surface area contributed by atoms with E-state index in [0.29, 0.717) is 0 Å². The average Bonchev–Trinajstić information content (AvgIpc) is 3.44. The van der Waals surface area contributed by atoms with Crippen LogP contribution in [-0.2, 0) is 6.54 Å². The fourth-order valence-electron chi connectivity index (χ4n) is 3.48. The Morgan fingerprint density at radius 1 is 1.19 bits per heavy atom. The van der Waals surface area contributed by atoms with Gasteiger partial charge in [-0.15, -0.1) is 11.3 Å². The van der Waals surface area contributed by atoms with Crippen molar-refractivity contribution in [2.75, 3.05) is 11.4 Å². The van der Waals surface area contributed by atoms with Crippen molar-refractivity contribution in [3.05, 3.63) is 10.6 Å². The number of piperidine rings is 1. The maximum atomic E-state index is 5.10. The zero-order valence-electron chi connectivity index (χ0n) is 13.1. The predicted molar refractivity (Wildman–Crippen MR) is 89.2 cm³/mol. The summed E-state index contributed by atoms with van der Waals surface area (Å²) in [6.07, 6.45) is 10.8. The van der Waals surface area contributed by atoms with Crippen LogP contribution in [0.1, 0.15) is 74.8 Å². The molecule has 3 aliphatic rings. The van der Waals surface area contributed by atoms with Crippen molar-refractivity contribution in [2.45, 2.75) is 82.8 Å². The van der Waals surface area contributed by atoms with Crippen LogP contribution in [0.15, 0.2) is 0 Å². The summed E-state index contributed by atoms with van der Waals surface area (Å²) in [5.41, 5.74) is 1.43. The van der Waals surface area contributed by atoms with Gasteiger partial charge < -0.3 is 10.2 Å². The quantitative estimate of drug-likeness (QED) is 0.859. The van der Waals surface area contributed by atoms with Crippen LogP contribution in [0.25, 0.3) is 0 Å². The molecule has 2 heterocycles. The maximum absolute atomic E-state index is 5.10. The smallest absolute Gasteiger partial charge is 0.186 e. The van der Waals surface area contributed by atoms with E-state index in [-0.39, 0.29) is 0 Å². The molecule has 0 bridgehead atoms. The second-order valence-corrected chi connectivity index (χ2v) is 8.05. The van der Waals surface area contributed by atoms with Crippen LogP contribution in [0.2, 0.25) is 0 Å². The van der Waals surface area contributed by atoms with E-state index < -0.39 is 0 Å². The monoisotopic (exact) mass is 305 g/mol. The summed E-state index contributed by atoms with van der Waals surface area (Å²) >= 11 is 1.98. The molecule has 2 saturated carbocycles. The SMILES string of the molecule is CCC1CCCCN1c1nc(C2CC2)c(CNC2CC2)s1. The van der Waals surface area contributed by atoms with Crippen LogP contribution < -0.4 is 10.2 Å². The van der Waals surface area contributed by atoms with E-state index in [1.807, 2.05) is 11.3 Å². The lowest BCUT2D eigenvalue weighted by Gasteiger charge is -2.35. The Morgan fingerprint density at radius 3 is 2.76 bits per heavy atom. The molecule has 0 radical (unpaired) electrons. The highest BCUT2D eigenvalue weighted by atomic mass is 32.1. The minimum absolute atomic E-state index is 0.723. The maximum Gasteiger partial charge on any atom is 0.186 e. The normalized spacial score (nSPS) is 26.3. The molecule has 1 N–H and O–H groups in total. The Morgan fingerprint density at radius 2 is 2.05 bits per heavy atom. The van der Waals surface area contributed by atoms with E-state index in [4.69, 9.17) is 4.98 Å². The molecule has 4 rings (SSSR count). The Balaban J connectivity index is 1.54. The van der Waals surface area contributed by atoms with Crippen LogP contribution >= 0.6 is 11.3 Å². The molecule has 1 saturated heterocycles. The third kappa shape index (κ3) is 3.11. The molecule has 1 aromatic heterocycles.